The molecule has 1 unspecified atom stereocenters. The van der Waals surface area contributed by atoms with Gasteiger partial charge in [0.15, 0.2) is 0 Å². The summed E-state index contributed by atoms with van der Waals surface area (Å²) in [6.07, 6.45) is 1.48. The van der Waals surface area contributed by atoms with Crippen LogP contribution < -0.4 is 5.32 Å². The molecule has 1 N–H and O–H groups in total. The number of carbonyl (C=O) groups excluding carboxylic acids is 2. The number of rotatable bonds is 3. The van der Waals surface area contributed by atoms with Crippen LogP contribution in [0.15, 0.2) is 24.3 Å². The average Bonchev–Trinajstić information content (AvgIpc) is 2.53. The van der Waals surface area contributed by atoms with E-state index in [0.29, 0.717) is 19.0 Å². The van der Waals surface area contributed by atoms with E-state index in [0.717, 1.165) is 32.6 Å². The summed E-state index contributed by atoms with van der Waals surface area (Å²) in [5.74, 6) is 0.0512. The summed E-state index contributed by atoms with van der Waals surface area (Å²) in [5, 5.41) is 2.69. The Balaban J connectivity index is 1.64. The van der Waals surface area contributed by atoms with E-state index >= 15 is 0 Å². The molecule has 22 heavy (non-hydrogen) atoms. The lowest BCUT2D eigenvalue weighted by Crippen LogP contribution is -2.52. The smallest absolute Gasteiger partial charge is 0.224 e. The largest absolute Gasteiger partial charge is 0.356 e. The zero-order chi connectivity index (χ0) is 15.5. The molecular formula is C17H23N3O2. The Morgan fingerprint density at radius 1 is 1.23 bits per heavy atom. The van der Waals surface area contributed by atoms with Crippen molar-refractivity contribution in [2.45, 2.75) is 25.8 Å². The molecule has 0 radical (unpaired) electrons. The molecule has 0 aromatic heterocycles. The summed E-state index contributed by atoms with van der Waals surface area (Å²) < 4.78 is 0. The fourth-order valence-corrected chi connectivity index (χ4v) is 3.46. The zero-order valence-electron chi connectivity index (χ0n) is 13.0. The number of benzene rings is 1. The molecule has 5 nitrogen and oxygen atoms in total. The van der Waals surface area contributed by atoms with Gasteiger partial charge in [-0.2, -0.15) is 0 Å². The monoisotopic (exact) mass is 301 g/mol. The van der Waals surface area contributed by atoms with Crippen molar-refractivity contribution in [1.82, 2.24) is 15.1 Å². The highest BCUT2D eigenvalue weighted by molar-refractivity contribution is 5.78. The van der Waals surface area contributed by atoms with E-state index in [1.165, 1.54) is 18.1 Å². The van der Waals surface area contributed by atoms with Crippen molar-refractivity contribution >= 4 is 11.8 Å². The van der Waals surface area contributed by atoms with Crippen LogP contribution in [-0.4, -0.2) is 54.3 Å². The predicted molar refractivity (Wildman–Crippen MR) is 84.3 cm³/mol. The van der Waals surface area contributed by atoms with Crippen LogP contribution in [-0.2, 0) is 16.0 Å². The number of amides is 2. The number of piperazine rings is 1. The first-order valence-electron chi connectivity index (χ1n) is 7.99. The lowest BCUT2D eigenvalue weighted by Gasteiger charge is -2.45. The van der Waals surface area contributed by atoms with Gasteiger partial charge in [0, 0.05) is 46.1 Å². The second-order valence-electron chi connectivity index (χ2n) is 6.07. The van der Waals surface area contributed by atoms with Gasteiger partial charge in [0.1, 0.15) is 0 Å². The van der Waals surface area contributed by atoms with Crippen molar-refractivity contribution in [3.05, 3.63) is 35.4 Å². The third kappa shape index (κ3) is 3.14. The first-order valence-corrected chi connectivity index (χ1v) is 7.99. The van der Waals surface area contributed by atoms with Crippen molar-refractivity contribution < 1.29 is 9.59 Å². The van der Waals surface area contributed by atoms with E-state index in [1.54, 1.807) is 0 Å². The maximum atomic E-state index is 12.3. The number of carbonyl (C=O) groups is 2. The van der Waals surface area contributed by atoms with E-state index in [1.807, 2.05) is 4.90 Å². The maximum absolute atomic E-state index is 12.3. The molecule has 2 aliphatic heterocycles. The van der Waals surface area contributed by atoms with Crippen LogP contribution >= 0.6 is 0 Å². The van der Waals surface area contributed by atoms with Gasteiger partial charge in [-0.15, -0.1) is 0 Å². The van der Waals surface area contributed by atoms with Gasteiger partial charge in [-0.3, -0.25) is 14.5 Å². The molecule has 1 aromatic carbocycles. The van der Waals surface area contributed by atoms with Gasteiger partial charge >= 0.3 is 0 Å². The van der Waals surface area contributed by atoms with Gasteiger partial charge in [-0.05, 0) is 17.5 Å². The fraction of sp³-hybridized carbons (Fsp3) is 0.529. The van der Waals surface area contributed by atoms with Crippen molar-refractivity contribution in [2.24, 2.45) is 0 Å². The average molecular weight is 301 g/mol. The quantitative estimate of drug-likeness (QED) is 0.904. The molecular weight excluding hydrogens is 278 g/mol. The van der Waals surface area contributed by atoms with Gasteiger partial charge in [0.2, 0.25) is 11.8 Å². The topological polar surface area (TPSA) is 52.7 Å². The van der Waals surface area contributed by atoms with Gasteiger partial charge in [-0.1, -0.05) is 24.3 Å². The van der Waals surface area contributed by atoms with E-state index in [9.17, 15) is 9.59 Å². The normalized spacial score (nSPS) is 21.0. The molecule has 2 heterocycles. The van der Waals surface area contributed by atoms with E-state index in [-0.39, 0.29) is 11.8 Å². The molecule has 2 amide bonds. The molecule has 2 aliphatic rings. The van der Waals surface area contributed by atoms with E-state index in [2.05, 4.69) is 34.5 Å². The van der Waals surface area contributed by atoms with Crippen LogP contribution in [0.1, 0.15) is 30.5 Å². The van der Waals surface area contributed by atoms with E-state index in [4.69, 9.17) is 0 Å². The van der Waals surface area contributed by atoms with Crippen LogP contribution in [0.25, 0.3) is 0 Å². The van der Waals surface area contributed by atoms with Gasteiger partial charge in [0.25, 0.3) is 0 Å². The maximum Gasteiger partial charge on any atom is 0.224 e. The van der Waals surface area contributed by atoms with Crippen molar-refractivity contribution in [3.63, 3.8) is 0 Å². The van der Waals surface area contributed by atoms with E-state index < -0.39 is 0 Å². The lowest BCUT2D eigenvalue weighted by molar-refractivity contribution is -0.134. The fourth-order valence-electron chi connectivity index (χ4n) is 3.46. The van der Waals surface area contributed by atoms with Crippen LogP contribution in [0, 0.1) is 0 Å². The number of nitrogens with one attached hydrogen (secondary N) is 1. The Morgan fingerprint density at radius 3 is 2.86 bits per heavy atom. The van der Waals surface area contributed by atoms with Crippen LogP contribution in [0.3, 0.4) is 0 Å². The SMILES string of the molecule is CC(=O)NCCC(=O)N1CCN2CCc3ccccc3C2C1. The molecule has 1 fully saturated rings. The summed E-state index contributed by atoms with van der Waals surface area (Å²) in [7, 11) is 0. The first kappa shape index (κ1) is 15.0. The molecule has 0 spiro atoms. The number of hydrogen-bond acceptors (Lipinski definition) is 3. The second-order valence-corrected chi connectivity index (χ2v) is 6.07. The second kappa shape index (κ2) is 6.48. The van der Waals surface area contributed by atoms with Gasteiger partial charge < -0.3 is 10.2 Å². The molecule has 1 saturated heterocycles. The third-order valence-corrected chi connectivity index (χ3v) is 4.64. The summed E-state index contributed by atoms with van der Waals surface area (Å²) in [6, 6.07) is 8.89. The van der Waals surface area contributed by atoms with Gasteiger partial charge in [-0.25, -0.2) is 0 Å². The Bertz CT molecular complexity index is 573. The highest BCUT2D eigenvalue weighted by Gasteiger charge is 2.33. The molecule has 118 valence electrons. The summed E-state index contributed by atoms with van der Waals surface area (Å²) >= 11 is 0. The van der Waals surface area contributed by atoms with Gasteiger partial charge in [0.05, 0.1) is 6.04 Å². The summed E-state index contributed by atoms with van der Waals surface area (Å²) in [5.41, 5.74) is 2.78. The van der Waals surface area contributed by atoms with Crippen molar-refractivity contribution in [1.29, 1.82) is 0 Å². The highest BCUT2D eigenvalue weighted by atomic mass is 16.2. The highest BCUT2D eigenvalue weighted by Crippen LogP contribution is 2.32. The van der Waals surface area contributed by atoms with Crippen molar-refractivity contribution in [3.8, 4) is 0 Å². The Hall–Kier alpha value is -1.88. The Morgan fingerprint density at radius 2 is 2.05 bits per heavy atom. The lowest BCUT2D eigenvalue weighted by atomic mass is 9.91. The number of fused-ring (bicyclic) bond motifs is 3. The van der Waals surface area contributed by atoms with Crippen molar-refractivity contribution in [2.75, 3.05) is 32.7 Å². The summed E-state index contributed by atoms with van der Waals surface area (Å²) in [6.45, 7) is 5.46. The molecule has 0 bridgehead atoms. The minimum atomic E-state index is -0.0844. The zero-order valence-corrected chi connectivity index (χ0v) is 13.0. The predicted octanol–water partition coefficient (Wildman–Crippen LogP) is 0.954. The molecule has 5 heteroatoms. The number of nitrogens with zero attached hydrogens (tertiary/aromatic N) is 2. The Kier molecular flexibility index (Phi) is 4.43. The molecule has 0 saturated carbocycles. The van der Waals surface area contributed by atoms with Crippen LogP contribution in [0.2, 0.25) is 0 Å². The Labute approximate surface area is 131 Å². The molecule has 0 aliphatic carbocycles. The first-order chi connectivity index (χ1) is 10.6. The molecule has 1 aromatic rings. The minimum absolute atomic E-state index is 0.0844. The summed E-state index contributed by atoms with van der Waals surface area (Å²) in [4.78, 5) is 27.6. The van der Waals surface area contributed by atoms with Crippen LogP contribution in [0.4, 0.5) is 0 Å². The van der Waals surface area contributed by atoms with Crippen LogP contribution in [0.5, 0.6) is 0 Å². The standard InChI is InChI=1S/C17H23N3O2/c1-13(21)18-8-6-17(22)20-11-10-19-9-7-14-4-2-3-5-15(14)16(19)12-20/h2-5,16H,6-12H2,1H3,(H,18,21). The molecule has 1 atom stereocenters. The minimum Gasteiger partial charge on any atom is -0.356 e. The molecule has 3 rings (SSSR count). The number of hydrogen-bond donors (Lipinski definition) is 1. The third-order valence-electron chi connectivity index (χ3n) is 4.64.